The molecule has 3 aromatic heterocycles. The summed E-state index contributed by atoms with van der Waals surface area (Å²) in [5.41, 5.74) is 2.03. The van der Waals surface area contributed by atoms with E-state index < -0.39 is 0 Å². The molecule has 7 rings (SSSR count). The van der Waals surface area contributed by atoms with Crippen LogP contribution in [-0.2, 0) is 0 Å². The molecule has 0 bridgehead atoms. The van der Waals surface area contributed by atoms with E-state index in [1.165, 1.54) is 28.4 Å². The van der Waals surface area contributed by atoms with Crippen LogP contribution in [0, 0.1) is 0 Å². The van der Waals surface area contributed by atoms with E-state index in [9.17, 15) is 9.59 Å². The van der Waals surface area contributed by atoms with E-state index in [-0.39, 0.29) is 11.1 Å². The molecule has 0 aliphatic carbocycles. The zero-order valence-corrected chi connectivity index (χ0v) is 23.2. The lowest BCUT2D eigenvalue weighted by Crippen LogP contribution is -2.19. The van der Waals surface area contributed by atoms with Gasteiger partial charge in [-0.25, -0.2) is 9.97 Å². The molecule has 0 aliphatic rings. The molecule has 10 heteroatoms. The van der Waals surface area contributed by atoms with Crippen molar-refractivity contribution >= 4 is 54.9 Å². The van der Waals surface area contributed by atoms with Crippen molar-refractivity contribution in [3.05, 3.63) is 93.5 Å². The maximum Gasteiger partial charge on any atom is 0.266 e. The Bertz CT molecular complexity index is 2240. The van der Waals surface area contributed by atoms with Crippen molar-refractivity contribution in [2.45, 2.75) is 0 Å². The summed E-state index contributed by atoms with van der Waals surface area (Å²) in [7, 11) is 6.09. The molecule has 0 saturated heterocycles. The number of aromatic nitrogens is 4. The van der Waals surface area contributed by atoms with Gasteiger partial charge in [0.05, 0.1) is 61.3 Å². The number of fused-ring (bicyclic) bond motifs is 10. The van der Waals surface area contributed by atoms with Gasteiger partial charge in [-0.15, -0.1) is 0 Å². The lowest BCUT2D eigenvalue weighted by Gasteiger charge is -2.14. The summed E-state index contributed by atoms with van der Waals surface area (Å²) >= 11 is 0. The van der Waals surface area contributed by atoms with E-state index in [1.54, 1.807) is 33.1 Å². The van der Waals surface area contributed by atoms with Gasteiger partial charge in [0, 0.05) is 22.9 Å². The molecule has 0 amide bonds. The summed E-state index contributed by atoms with van der Waals surface area (Å²) in [5.74, 6) is 1.72. The number of hydrogen-bond donors (Lipinski definition) is 0. The second-order valence-electron chi connectivity index (χ2n) is 9.63. The number of hydrogen-bond acceptors (Lipinski definition) is 8. The van der Waals surface area contributed by atoms with Gasteiger partial charge in [-0.1, -0.05) is 24.3 Å². The summed E-state index contributed by atoms with van der Waals surface area (Å²) in [6, 6.07) is 21.3. The van der Waals surface area contributed by atoms with E-state index in [1.807, 2.05) is 48.5 Å². The molecular weight excluding hydrogens is 536 g/mol. The SMILES string of the molecule is COc1cc2nc3c4ccccc4n4c(=O)c5cc(OC)c(OC)cc5nc4c4ccccc4n3c(=O)c2cc1OC. The number of benzene rings is 4. The number of ether oxygens (including phenoxy) is 4. The predicted molar refractivity (Wildman–Crippen MR) is 162 cm³/mol. The van der Waals surface area contributed by atoms with Crippen LogP contribution in [0.15, 0.2) is 82.4 Å². The summed E-state index contributed by atoms with van der Waals surface area (Å²) in [6.45, 7) is 0. The Kier molecular flexibility index (Phi) is 5.72. The smallest absolute Gasteiger partial charge is 0.266 e. The molecule has 0 aliphatic heterocycles. The topological polar surface area (TPSA) is 106 Å². The van der Waals surface area contributed by atoms with E-state index in [4.69, 9.17) is 28.9 Å². The number of methoxy groups -OCH3 is 4. The Morgan fingerprint density at radius 2 is 0.857 bits per heavy atom. The molecule has 0 saturated carbocycles. The quantitative estimate of drug-likeness (QED) is 0.299. The highest BCUT2D eigenvalue weighted by atomic mass is 16.5. The van der Waals surface area contributed by atoms with Gasteiger partial charge < -0.3 is 18.9 Å². The molecule has 0 N–H and O–H groups in total. The second-order valence-corrected chi connectivity index (χ2v) is 9.63. The van der Waals surface area contributed by atoms with Gasteiger partial charge in [0.2, 0.25) is 0 Å². The Morgan fingerprint density at radius 1 is 0.500 bits per heavy atom. The maximum absolute atomic E-state index is 14.3. The van der Waals surface area contributed by atoms with Crippen LogP contribution in [-0.4, -0.2) is 47.2 Å². The second kappa shape index (κ2) is 9.48. The fraction of sp³-hybridized carbons (Fsp3) is 0.125. The highest BCUT2D eigenvalue weighted by Crippen LogP contribution is 2.33. The molecule has 3 heterocycles. The standard InChI is InChI=1S/C32H24N4O6/c1-39-25-13-19-21(15-27(25)41-3)33-29-18-10-6-8-12-24(18)36-30(17-9-5-7-11-23(17)35(29)31(19)37)34-22-16-28(42-4)26(40-2)14-20(22)32(36)38/h5-16H,1-4H3. The van der Waals surface area contributed by atoms with Crippen LogP contribution >= 0.6 is 0 Å². The van der Waals surface area contributed by atoms with Crippen LogP contribution in [0.2, 0.25) is 0 Å². The third kappa shape index (κ3) is 3.51. The van der Waals surface area contributed by atoms with Gasteiger partial charge >= 0.3 is 0 Å². The van der Waals surface area contributed by atoms with Crippen molar-refractivity contribution in [1.29, 1.82) is 0 Å². The van der Waals surface area contributed by atoms with Crippen LogP contribution < -0.4 is 30.1 Å². The Balaban J connectivity index is 1.84. The summed E-state index contributed by atoms with van der Waals surface area (Å²) in [6.07, 6.45) is 0. The molecule has 0 radical (unpaired) electrons. The Morgan fingerprint density at radius 3 is 1.24 bits per heavy atom. The molecule has 10 nitrogen and oxygen atoms in total. The van der Waals surface area contributed by atoms with Crippen LogP contribution in [0.25, 0.3) is 54.9 Å². The van der Waals surface area contributed by atoms with Gasteiger partial charge in [0.15, 0.2) is 23.0 Å². The minimum atomic E-state index is -0.304. The monoisotopic (exact) mass is 560 g/mol. The zero-order chi connectivity index (χ0) is 29.1. The fourth-order valence-corrected chi connectivity index (χ4v) is 5.55. The number of nitrogens with zero attached hydrogens (tertiary/aromatic N) is 4. The molecule has 208 valence electrons. The Labute approximate surface area is 237 Å². The molecule has 0 fully saturated rings. The van der Waals surface area contributed by atoms with Gasteiger partial charge in [0.1, 0.15) is 11.3 Å². The number of rotatable bonds is 4. The first-order valence-electron chi connectivity index (χ1n) is 13.1. The summed E-state index contributed by atoms with van der Waals surface area (Å²) < 4.78 is 25.1. The van der Waals surface area contributed by atoms with Gasteiger partial charge in [-0.05, 0) is 36.4 Å². The Hall–Kier alpha value is -5.64. The van der Waals surface area contributed by atoms with Gasteiger partial charge in [-0.2, -0.15) is 0 Å². The average Bonchev–Trinajstić information content (AvgIpc) is 3.03. The van der Waals surface area contributed by atoms with Crippen molar-refractivity contribution in [2.75, 3.05) is 28.4 Å². The van der Waals surface area contributed by atoms with Crippen LogP contribution in [0.1, 0.15) is 0 Å². The van der Waals surface area contributed by atoms with Gasteiger partial charge in [0.25, 0.3) is 11.1 Å². The van der Waals surface area contributed by atoms with E-state index in [2.05, 4.69) is 0 Å². The van der Waals surface area contributed by atoms with Crippen molar-refractivity contribution in [1.82, 2.24) is 18.8 Å². The zero-order valence-electron chi connectivity index (χ0n) is 23.2. The number of para-hydroxylation sites is 2. The fourth-order valence-electron chi connectivity index (χ4n) is 5.55. The van der Waals surface area contributed by atoms with Crippen LogP contribution in [0.4, 0.5) is 0 Å². The minimum Gasteiger partial charge on any atom is -0.493 e. The van der Waals surface area contributed by atoms with Crippen molar-refractivity contribution in [3.63, 3.8) is 0 Å². The van der Waals surface area contributed by atoms with Crippen molar-refractivity contribution in [2.24, 2.45) is 0 Å². The highest BCUT2D eigenvalue weighted by molar-refractivity contribution is 6.02. The van der Waals surface area contributed by atoms with Crippen LogP contribution in [0.3, 0.4) is 0 Å². The lowest BCUT2D eigenvalue weighted by molar-refractivity contribution is 0.355. The molecule has 0 atom stereocenters. The van der Waals surface area contributed by atoms with Crippen LogP contribution in [0.5, 0.6) is 23.0 Å². The minimum absolute atomic E-state index is 0.304. The summed E-state index contributed by atoms with van der Waals surface area (Å²) in [5, 5.41) is 1.85. The maximum atomic E-state index is 14.3. The molecule has 4 aromatic carbocycles. The van der Waals surface area contributed by atoms with E-state index in [0.29, 0.717) is 77.9 Å². The molecule has 42 heavy (non-hydrogen) atoms. The normalized spacial score (nSPS) is 11.5. The van der Waals surface area contributed by atoms with Crippen molar-refractivity contribution in [3.8, 4) is 23.0 Å². The third-order valence-electron chi connectivity index (χ3n) is 7.52. The highest BCUT2D eigenvalue weighted by Gasteiger charge is 2.18. The first kappa shape index (κ1) is 25.3. The molecular formula is C32H24N4O6. The molecule has 7 aromatic rings. The summed E-state index contributed by atoms with van der Waals surface area (Å²) in [4.78, 5) is 38.6. The van der Waals surface area contributed by atoms with Gasteiger partial charge in [-0.3, -0.25) is 18.4 Å². The molecule has 0 unspecified atom stereocenters. The first-order valence-corrected chi connectivity index (χ1v) is 13.1. The van der Waals surface area contributed by atoms with Crippen molar-refractivity contribution < 1.29 is 18.9 Å². The lowest BCUT2D eigenvalue weighted by atomic mass is 10.1. The molecule has 0 spiro atoms. The predicted octanol–water partition coefficient (Wildman–Crippen LogP) is 4.91. The van der Waals surface area contributed by atoms with E-state index >= 15 is 0 Å². The van der Waals surface area contributed by atoms with E-state index in [0.717, 1.165) is 0 Å². The average molecular weight is 561 g/mol. The first-order chi connectivity index (χ1) is 20.5. The third-order valence-corrected chi connectivity index (χ3v) is 7.52. The largest absolute Gasteiger partial charge is 0.493 e.